The second kappa shape index (κ2) is 9.84. The Morgan fingerprint density at radius 2 is 1.91 bits per heavy atom. The van der Waals surface area contributed by atoms with Crippen LogP contribution in [0.1, 0.15) is 24.0 Å². The van der Waals surface area contributed by atoms with Crippen molar-refractivity contribution in [1.82, 2.24) is 14.5 Å². The van der Waals surface area contributed by atoms with Gasteiger partial charge >= 0.3 is 0 Å². The van der Waals surface area contributed by atoms with Crippen LogP contribution in [0.2, 0.25) is 0 Å². The Balaban J connectivity index is 1.52. The lowest BCUT2D eigenvalue weighted by atomic mass is 10.2. The fourth-order valence-electron chi connectivity index (χ4n) is 3.57. The van der Waals surface area contributed by atoms with Crippen LogP contribution < -0.4 is 4.90 Å². The lowest BCUT2D eigenvalue weighted by Gasteiger charge is -2.20. The molecule has 7 nitrogen and oxygen atoms in total. The number of carbonyl (C=O) groups is 1. The van der Waals surface area contributed by atoms with E-state index in [0.717, 1.165) is 21.3 Å². The van der Waals surface area contributed by atoms with E-state index in [1.807, 2.05) is 42.8 Å². The van der Waals surface area contributed by atoms with Crippen molar-refractivity contribution in [3.63, 3.8) is 0 Å². The van der Waals surface area contributed by atoms with Crippen molar-refractivity contribution in [1.29, 1.82) is 0 Å². The molecule has 0 radical (unpaired) electrons. The van der Waals surface area contributed by atoms with Crippen molar-refractivity contribution in [3.8, 4) is 0 Å². The summed E-state index contributed by atoms with van der Waals surface area (Å²) in [4.78, 5) is 23.9. The number of aryl methyl sites for hydroxylation is 3. The van der Waals surface area contributed by atoms with Crippen molar-refractivity contribution in [2.24, 2.45) is 0 Å². The van der Waals surface area contributed by atoms with Crippen LogP contribution in [0.4, 0.5) is 5.13 Å². The van der Waals surface area contributed by atoms with E-state index in [4.69, 9.17) is 4.98 Å². The van der Waals surface area contributed by atoms with Gasteiger partial charge in [0.05, 0.1) is 27.2 Å². The van der Waals surface area contributed by atoms with E-state index in [1.54, 1.807) is 41.7 Å². The Labute approximate surface area is 197 Å². The number of sulfone groups is 1. The molecular weight excluding hydrogens is 456 g/mol. The lowest BCUT2D eigenvalue weighted by molar-refractivity contribution is -0.118. The van der Waals surface area contributed by atoms with Gasteiger partial charge < -0.3 is 4.57 Å². The Hall–Kier alpha value is -3.04. The van der Waals surface area contributed by atoms with Crippen LogP contribution in [-0.2, 0) is 21.2 Å². The minimum atomic E-state index is -3.55. The van der Waals surface area contributed by atoms with Gasteiger partial charge in [-0.3, -0.25) is 9.69 Å². The predicted octanol–water partition coefficient (Wildman–Crippen LogP) is 4.40. The van der Waals surface area contributed by atoms with E-state index >= 15 is 0 Å². The minimum Gasteiger partial charge on any atom is -0.337 e. The number of imidazole rings is 1. The first-order valence-corrected chi connectivity index (χ1v) is 13.2. The molecule has 0 aliphatic rings. The Kier molecular flexibility index (Phi) is 6.90. The largest absolute Gasteiger partial charge is 0.337 e. The van der Waals surface area contributed by atoms with Gasteiger partial charge in [0, 0.05) is 31.9 Å². The molecule has 0 atom stereocenters. The molecule has 0 bridgehead atoms. The molecule has 0 aliphatic carbocycles. The molecule has 0 N–H and O–H groups in total. The lowest BCUT2D eigenvalue weighted by Crippen LogP contribution is -2.33. The second-order valence-corrected chi connectivity index (χ2v) is 11.1. The first-order chi connectivity index (χ1) is 15.8. The highest BCUT2D eigenvalue weighted by molar-refractivity contribution is 7.91. The van der Waals surface area contributed by atoms with Crippen molar-refractivity contribution in [2.45, 2.75) is 38.1 Å². The average Bonchev–Trinajstić information content (AvgIpc) is 3.46. The van der Waals surface area contributed by atoms with E-state index in [9.17, 15) is 13.2 Å². The molecule has 4 aromatic rings. The number of rotatable bonds is 9. The molecule has 1 amide bonds. The highest BCUT2D eigenvalue weighted by Crippen LogP contribution is 2.31. The number of hydrogen-bond donors (Lipinski definition) is 0. The van der Waals surface area contributed by atoms with E-state index in [0.29, 0.717) is 24.6 Å². The highest BCUT2D eigenvalue weighted by Gasteiger charge is 2.23. The molecule has 0 saturated carbocycles. The molecule has 172 valence electrons. The van der Waals surface area contributed by atoms with Gasteiger partial charge in [-0.1, -0.05) is 41.2 Å². The summed E-state index contributed by atoms with van der Waals surface area (Å²) in [5, 5.41) is 0.600. The molecular formula is C24H26N4O3S2. The van der Waals surface area contributed by atoms with E-state index in [2.05, 4.69) is 4.98 Å². The van der Waals surface area contributed by atoms with Crippen LogP contribution in [-0.4, -0.2) is 41.2 Å². The van der Waals surface area contributed by atoms with E-state index in [-0.39, 0.29) is 23.0 Å². The molecule has 0 fully saturated rings. The molecule has 0 unspecified atom stereocenters. The van der Waals surface area contributed by atoms with Crippen LogP contribution in [0, 0.1) is 13.8 Å². The fourth-order valence-corrected chi connectivity index (χ4v) is 5.88. The summed E-state index contributed by atoms with van der Waals surface area (Å²) in [5.41, 5.74) is 2.90. The number of nitrogens with zero attached hydrogens (tertiary/aromatic N) is 4. The first-order valence-electron chi connectivity index (χ1n) is 10.8. The number of fused-ring (bicyclic) bond motifs is 1. The number of anilines is 1. The number of carbonyl (C=O) groups excluding carboxylic acids is 1. The number of amides is 1. The number of thiazole rings is 1. The van der Waals surface area contributed by atoms with E-state index in [1.165, 1.54) is 11.3 Å². The molecule has 9 heteroatoms. The molecule has 33 heavy (non-hydrogen) atoms. The second-order valence-electron chi connectivity index (χ2n) is 8.00. The average molecular weight is 483 g/mol. The SMILES string of the molecule is Cc1ccc(S(=O)(=O)CCC(=O)N(CCCn2ccnc2)c2nc3c(C)cccc3s2)cc1. The normalized spacial score (nSPS) is 11.7. The van der Waals surface area contributed by atoms with Gasteiger partial charge in [-0.2, -0.15) is 0 Å². The summed E-state index contributed by atoms with van der Waals surface area (Å²) in [6.07, 6.45) is 5.93. The Bertz CT molecular complexity index is 1340. The van der Waals surface area contributed by atoms with Gasteiger partial charge in [-0.15, -0.1) is 0 Å². The van der Waals surface area contributed by atoms with Crippen molar-refractivity contribution < 1.29 is 13.2 Å². The van der Waals surface area contributed by atoms with Gasteiger partial charge in [0.1, 0.15) is 0 Å². The molecule has 2 aromatic carbocycles. The third kappa shape index (κ3) is 5.48. The summed E-state index contributed by atoms with van der Waals surface area (Å²) >= 11 is 1.45. The van der Waals surface area contributed by atoms with Crippen LogP contribution >= 0.6 is 11.3 Å². The van der Waals surface area contributed by atoms with E-state index < -0.39 is 9.84 Å². The molecule has 4 rings (SSSR count). The van der Waals surface area contributed by atoms with Crippen LogP contribution in [0.25, 0.3) is 10.2 Å². The zero-order valence-electron chi connectivity index (χ0n) is 18.6. The van der Waals surface area contributed by atoms with Crippen molar-refractivity contribution in [2.75, 3.05) is 17.2 Å². The quantitative estimate of drug-likeness (QED) is 0.353. The molecule has 2 aromatic heterocycles. The number of hydrogen-bond acceptors (Lipinski definition) is 6. The molecule has 2 heterocycles. The number of aromatic nitrogens is 3. The molecule has 0 aliphatic heterocycles. The first kappa shape index (κ1) is 23.1. The summed E-state index contributed by atoms with van der Waals surface area (Å²) in [7, 11) is -3.55. The van der Waals surface area contributed by atoms with Crippen molar-refractivity contribution in [3.05, 3.63) is 72.3 Å². The summed E-state index contributed by atoms with van der Waals surface area (Å²) < 4.78 is 28.5. The standard InChI is InChI=1S/C24H26N4O3S2/c1-18-7-9-20(10-8-18)33(30,31)16-11-22(29)28(14-4-13-27-15-12-25-17-27)24-26-23-19(2)5-3-6-21(23)32-24/h3,5-10,12,15,17H,4,11,13-14,16H2,1-2H3. The Morgan fingerprint density at radius 1 is 1.12 bits per heavy atom. The molecule has 0 spiro atoms. The highest BCUT2D eigenvalue weighted by atomic mass is 32.2. The van der Waals surface area contributed by atoms with Crippen LogP contribution in [0.3, 0.4) is 0 Å². The third-order valence-corrected chi connectivity index (χ3v) is 8.24. The number of para-hydroxylation sites is 1. The summed E-state index contributed by atoms with van der Waals surface area (Å²) in [6.45, 7) is 5.04. The minimum absolute atomic E-state index is 0.101. The topological polar surface area (TPSA) is 85.2 Å². The summed E-state index contributed by atoms with van der Waals surface area (Å²) in [6, 6.07) is 12.7. The summed E-state index contributed by atoms with van der Waals surface area (Å²) in [5.74, 6) is -0.482. The predicted molar refractivity (Wildman–Crippen MR) is 131 cm³/mol. The number of benzene rings is 2. The smallest absolute Gasteiger partial charge is 0.229 e. The molecule has 0 saturated heterocycles. The third-order valence-electron chi connectivity index (χ3n) is 5.46. The van der Waals surface area contributed by atoms with Gasteiger partial charge in [0.25, 0.3) is 0 Å². The van der Waals surface area contributed by atoms with Crippen LogP contribution in [0.5, 0.6) is 0 Å². The Morgan fingerprint density at radius 3 is 2.61 bits per heavy atom. The van der Waals surface area contributed by atoms with Gasteiger partial charge in [0.2, 0.25) is 5.91 Å². The zero-order valence-corrected chi connectivity index (χ0v) is 20.3. The maximum Gasteiger partial charge on any atom is 0.229 e. The van der Waals surface area contributed by atoms with Gasteiger partial charge in [-0.25, -0.2) is 18.4 Å². The van der Waals surface area contributed by atoms with Gasteiger partial charge in [0.15, 0.2) is 15.0 Å². The maximum absolute atomic E-state index is 13.2. The maximum atomic E-state index is 13.2. The van der Waals surface area contributed by atoms with Gasteiger partial charge in [-0.05, 0) is 44.0 Å². The zero-order chi connectivity index (χ0) is 23.4. The fraction of sp³-hybridized carbons (Fsp3) is 0.292. The monoisotopic (exact) mass is 482 g/mol. The van der Waals surface area contributed by atoms with Crippen molar-refractivity contribution >= 4 is 42.4 Å². The van der Waals surface area contributed by atoms with Crippen LogP contribution in [0.15, 0.2) is 66.1 Å².